The molecule has 0 radical (unpaired) electrons. The fourth-order valence-electron chi connectivity index (χ4n) is 4.12. The molecule has 158 valence electrons. The Morgan fingerprint density at radius 3 is 2.53 bits per heavy atom. The first-order chi connectivity index (χ1) is 14.4. The largest absolute Gasteiger partial charge is 0.459 e. The summed E-state index contributed by atoms with van der Waals surface area (Å²) in [6.07, 6.45) is 4.15. The van der Waals surface area contributed by atoms with E-state index in [4.69, 9.17) is 16.0 Å². The summed E-state index contributed by atoms with van der Waals surface area (Å²) in [4.78, 5) is 40.4. The predicted octanol–water partition coefficient (Wildman–Crippen LogP) is 3.81. The summed E-state index contributed by atoms with van der Waals surface area (Å²) in [5.74, 6) is 0.681. The number of urea groups is 1. The van der Waals surface area contributed by atoms with Gasteiger partial charge in [-0.15, -0.1) is 0 Å². The molecule has 2 aromatic rings. The molecule has 1 aliphatic heterocycles. The zero-order valence-electron chi connectivity index (χ0n) is 16.8. The number of furan rings is 1. The molecule has 1 spiro atoms. The fourth-order valence-corrected chi connectivity index (χ4v) is 4.25. The summed E-state index contributed by atoms with van der Waals surface area (Å²) in [7, 11) is 1.63. The molecule has 1 aromatic carbocycles. The average Bonchev–Trinajstić information content (AvgIpc) is 3.28. The summed E-state index contributed by atoms with van der Waals surface area (Å²) in [6, 6.07) is 10.4. The van der Waals surface area contributed by atoms with Gasteiger partial charge in [0.15, 0.2) is 0 Å². The van der Waals surface area contributed by atoms with Gasteiger partial charge in [0, 0.05) is 17.6 Å². The standard InChI is InChI=1S/C22H24ClN3O4/c1-25(13-17-9-10-18(30-17)15-5-7-16(23)8-6-15)19(27)14-26-20(28)22(24-21(26)29)11-3-2-4-12-22/h5-10H,2-4,11-14H2,1H3,(H,24,29). The Labute approximate surface area is 180 Å². The van der Waals surface area contributed by atoms with E-state index >= 15 is 0 Å². The molecule has 2 fully saturated rings. The smallest absolute Gasteiger partial charge is 0.325 e. The fraction of sp³-hybridized carbons (Fsp3) is 0.409. The lowest BCUT2D eigenvalue weighted by Gasteiger charge is -2.30. The average molecular weight is 430 g/mol. The molecule has 30 heavy (non-hydrogen) atoms. The Hall–Kier alpha value is -2.80. The lowest BCUT2D eigenvalue weighted by atomic mass is 9.82. The number of likely N-dealkylation sites (N-methyl/N-ethyl adjacent to an activating group) is 1. The summed E-state index contributed by atoms with van der Waals surface area (Å²) < 4.78 is 5.84. The maximum absolute atomic E-state index is 12.8. The Morgan fingerprint density at radius 2 is 1.83 bits per heavy atom. The highest BCUT2D eigenvalue weighted by Crippen LogP contribution is 2.33. The summed E-state index contributed by atoms with van der Waals surface area (Å²) in [5, 5.41) is 3.47. The molecule has 1 saturated heterocycles. The highest BCUT2D eigenvalue weighted by atomic mass is 35.5. The normalized spacial score (nSPS) is 18.0. The minimum Gasteiger partial charge on any atom is -0.459 e. The third kappa shape index (κ3) is 3.94. The van der Waals surface area contributed by atoms with Crippen molar-refractivity contribution in [1.82, 2.24) is 15.1 Å². The number of carbonyl (C=O) groups is 3. The molecular formula is C22H24ClN3O4. The van der Waals surface area contributed by atoms with Crippen molar-refractivity contribution < 1.29 is 18.8 Å². The molecule has 1 saturated carbocycles. The van der Waals surface area contributed by atoms with E-state index in [9.17, 15) is 14.4 Å². The van der Waals surface area contributed by atoms with Gasteiger partial charge in [-0.1, -0.05) is 30.9 Å². The Balaban J connectivity index is 1.38. The first-order valence-electron chi connectivity index (χ1n) is 10.1. The molecule has 2 aliphatic rings. The van der Waals surface area contributed by atoms with Gasteiger partial charge in [0.2, 0.25) is 5.91 Å². The molecule has 1 aromatic heterocycles. The van der Waals surface area contributed by atoms with Gasteiger partial charge in [-0.3, -0.25) is 14.5 Å². The van der Waals surface area contributed by atoms with Gasteiger partial charge in [-0.05, 0) is 49.2 Å². The molecule has 8 heteroatoms. The van der Waals surface area contributed by atoms with Crippen LogP contribution in [0.4, 0.5) is 4.79 Å². The van der Waals surface area contributed by atoms with Crippen molar-refractivity contribution >= 4 is 29.4 Å². The van der Waals surface area contributed by atoms with E-state index in [1.807, 2.05) is 18.2 Å². The van der Waals surface area contributed by atoms with Gasteiger partial charge in [0.1, 0.15) is 23.6 Å². The quantitative estimate of drug-likeness (QED) is 0.732. The van der Waals surface area contributed by atoms with Crippen LogP contribution in [0.25, 0.3) is 11.3 Å². The highest BCUT2D eigenvalue weighted by molar-refractivity contribution is 6.30. The van der Waals surface area contributed by atoms with Crippen LogP contribution in [0.1, 0.15) is 37.9 Å². The number of rotatable bonds is 5. The molecule has 7 nitrogen and oxygen atoms in total. The maximum atomic E-state index is 12.8. The van der Waals surface area contributed by atoms with E-state index in [2.05, 4.69) is 5.32 Å². The number of nitrogens with one attached hydrogen (secondary N) is 1. The lowest BCUT2D eigenvalue weighted by molar-refractivity contribution is -0.139. The van der Waals surface area contributed by atoms with Gasteiger partial charge >= 0.3 is 6.03 Å². The monoisotopic (exact) mass is 429 g/mol. The van der Waals surface area contributed by atoms with E-state index in [0.717, 1.165) is 29.7 Å². The zero-order chi connectivity index (χ0) is 21.3. The molecular weight excluding hydrogens is 406 g/mol. The van der Waals surface area contributed by atoms with Crippen molar-refractivity contribution in [3.63, 3.8) is 0 Å². The number of benzene rings is 1. The van der Waals surface area contributed by atoms with Crippen LogP contribution in [0.5, 0.6) is 0 Å². The second kappa shape index (κ2) is 8.14. The van der Waals surface area contributed by atoms with Crippen LogP contribution in [0.3, 0.4) is 0 Å². The number of hydrogen-bond acceptors (Lipinski definition) is 4. The summed E-state index contributed by atoms with van der Waals surface area (Å²) >= 11 is 5.91. The van der Waals surface area contributed by atoms with Gasteiger partial charge in [-0.2, -0.15) is 0 Å². The first-order valence-corrected chi connectivity index (χ1v) is 10.5. The Kier molecular flexibility index (Phi) is 5.56. The second-order valence-electron chi connectivity index (χ2n) is 7.99. The number of carbonyl (C=O) groups excluding carboxylic acids is 3. The van der Waals surface area contributed by atoms with Crippen LogP contribution in [0.15, 0.2) is 40.8 Å². The van der Waals surface area contributed by atoms with E-state index < -0.39 is 11.6 Å². The van der Waals surface area contributed by atoms with Crippen LogP contribution < -0.4 is 5.32 Å². The van der Waals surface area contributed by atoms with Gasteiger partial charge in [0.05, 0.1) is 6.54 Å². The topological polar surface area (TPSA) is 82.9 Å². The Bertz CT molecular complexity index is 963. The SMILES string of the molecule is CN(Cc1ccc(-c2ccc(Cl)cc2)o1)C(=O)CN1C(=O)NC2(CCCCC2)C1=O. The van der Waals surface area contributed by atoms with Crippen molar-refractivity contribution in [3.05, 3.63) is 47.2 Å². The molecule has 2 heterocycles. The van der Waals surface area contributed by atoms with Crippen molar-refractivity contribution in [1.29, 1.82) is 0 Å². The van der Waals surface area contributed by atoms with Gasteiger partial charge in [0.25, 0.3) is 5.91 Å². The summed E-state index contributed by atoms with van der Waals surface area (Å²) in [5.41, 5.74) is 0.0691. The molecule has 4 rings (SSSR count). The third-order valence-electron chi connectivity index (χ3n) is 5.86. The van der Waals surface area contributed by atoms with Crippen LogP contribution in [-0.2, 0) is 16.1 Å². The van der Waals surface area contributed by atoms with Crippen LogP contribution in [-0.4, -0.2) is 46.8 Å². The number of halogens is 1. The van der Waals surface area contributed by atoms with E-state index in [1.54, 1.807) is 25.2 Å². The lowest BCUT2D eigenvalue weighted by Crippen LogP contribution is -2.49. The number of hydrogen-bond donors (Lipinski definition) is 1. The molecule has 0 atom stereocenters. The third-order valence-corrected chi connectivity index (χ3v) is 6.11. The van der Waals surface area contributed by atoms with Crippen LogP contribution >= 0.6 is 11.6 Å². The first kappa shape index (κ1) is 20.5. The van der Waals surface area contributed by atoms with Crippen molar-refractivity contribution in [3.8, 4) is 11.3 Å². The minimum atomic E-state index is -0.817. The van der Waals surface area contributed by atoms with E-state index in [1.165, 1.54) is 4.90 Å². The second-order valence-corrected chi connectivity index (χ2v) is 8.42. The van der Waals surface area contributed by atoms with Gasteiger partial charge < -0.3 is 14.6 Å². The van der Waals surface area contributed by atoms with Crippen LogP contribution in [0.2, 0.25) is 5.02 Å². The Morgan fingerprint density at radius 1 is 1.13 bits per heavy atom. The van der Waals surface area contributed by atoms with E-state index in [-0.39, 0.29) is 24.9 Å². The number of nitrogens with zero attached hydrogens (tertiary/aromatic N) is 2. The van der Waals surface area contributed by atoms with E-state index in [0.29, 0.717) is 29.4 Å². The molecule has 4 amide bonds. The number of amides is 4. The zero-order valence-corrected chi connectivity index (χ0v) is 17.6. The van der Waals surface area contributed by atoms with Crippen LogP contribution in [0, 0.1) is 0 Å². The molecule has 0 bridgehead atoms. The predicted molar refractivity (Wildman–Crippen MR) is 112 cm³/mol. The minimum absolute atomic E-state index is 0.237. The van der Waals surface area contributed by atoms with Crippen molar-refractivity contribution in [2.75, 3.05) is 13.6 Å². The van der Waals surface area contributed by atoms with Crippen molar-refractivity contribution in [2.24, 2.45) is 0 Å². The number of imide groups is 1. The van der Waals surface area contributed by atoms with Gasteiger partial charge in [-0.25, -0.2) is 4.79 Å². The molecule has 1 aliphatic carbocycles. The molecule has 0 unspecified atom stereocenters. The summed E-state index contributed by atoms with van der Waals surface area (Å²) in [6.45, 7) is -0.0329. The molecule has 1 N–H and O–H groups in total. The maximum Gasteiger partial charge on any atom is 0.325 e. The van der Waals surface area contributed by atoms with Crippen molar-refractivity contribution in [2.45, 2.75) is 44.2 Å². The highest BCUT2D eigenvalue weighted by Gasteiger charge is 2.51.